The van der Waals surface area contributed by atoms with E-state index in [9.17, 15) is 19.7 Å². The lowest BCUT2D eigenvalue weighted by Gasteiger charge is -2.10. The fourth-order valence-electron chi connectivity index (χ4n) is 3.70. The quantitative estimate of drug-likeness (QED) is 0.295. The first-order valence-electron chi connectivity index (χ1n) is 8.93. The first-order valence-corrected chi connectivity index (χ1v) is 8.93. The minimum absolute atomic E-state index is 0.113. The Bertz CT molecular complexity index is 1180. The molecule has 1 heterocycles. The van der Waals surface area contributed by atoms with Crippen LogP contribution in [0.3, 0.4) is 0 Å². The molecule has 2 aromatic carbocycles. The summed E-state index contributed by atoms with van der Waals surface area (Å²) in [7, 11) is 0. The zero-order valence-corrected chi connectivity index (χ0v) is 15.2. The van der Waals surface area contributed by atoms with Crippen LogP contribution < -0.4 is 5.63 Å². The lowest BCUT2D eigenvalue weighted by atomic mass is 10.0. The molecule has 0 amide bonds. The average molecular weight is 379 g/mol. The smallest absolute Gasteiger partial charge is 0.345 e. The molecule has 0 bridgehead atoms. The highest BCUT2D eigenvalue weighted by Gasteiger charge is 2.24. The van der Waals surface area contributed by atoms with Gasteiger partial charge in [-0.2, -0.15) is 0 Å². The van der Waals surface area contributed by atoms with Crippen molar-refractivity contribution in [2.75, 3.05) is 0 Å². The summed E-state index contributed by atoms with van der Waals surface area (Å²) in [5.74, 6) is -0.807. The fourth-order valence-corrected chi connectivity index (χ4v) is 3.70. The van der Waals surface area contributed by atoms with E-state index < -0.39 is 16.5 Å². The van der Waals surface area contributed by atoms with Crippen LogP contribution in [0.2, 0.25) is 0 Å². The molecule has 7 heteroatoms. The van der Waals surface area contributed by atoms with Gasteiger partial charge < -0.3 is 9.15 Å². The monoisotopic (exact) mass is 379 g/mol. The normalized spacial score (nSPS) is 12.8. The maximum absolute atomic E-state index is 12.5. The molecule has 0 saturated carbocycles. The van der Waals surface area contributed by atoms with E-state index in [4.69, 9.17) is 9.15 Å². The molecule has 0 radical (unpaired) electrons. The van der Waals surface area contributed by atoms with E-state index in [1.165, 1.54) is 23.3 Å². The molecule has 142 valence electrons. The van der Waals surface area contributed by atoms with Gasteiger partial charge >= 0.3 is 11.6 Å². The standard InChI is InChI=1S/C21H17NO6/c1-12-4-2-7-16(20(12)22(25)26)21(24)27-11-15-10-19(23)28-18-9-14-6-3-5-13(14)8-17(15)18/h2,4,7-10H,3,5-6,11H2,1H3. The van der Waals surface area contributed by atoms with Crippen molar-refractivity contribution in [3.05, 3.63) is 84.7 Å². The zero-order valence-electron chi connectivity index (χ0n) is 15.2. The molecular formula is C21H17NO6. The third kappa shape index (κ3) is 3.15. The summed E-state index contributed by atoms with van der Waals surface area (Å²) < 4.78 is 10.6. The Morgan fingerprint density at radius 1 is 1.21 bits per heavy atom. The topological polar surface area (TPSA) is 99.7 Å². The van der Waals surface area contributed by atoms with Gasteiger partial charge in [0, 0.05) is 22.6 Å². The third-order valence-corrected chi connectivity index (χ3v) is 5.04. The maximum Gasteiger partial charge on any atom is 0.345 e. The van der Waals surface area contributed by atoms with Crippen molar-refractivity contribution in [1.82, 2.24) is 0 Å². The number of rotatable bonds is 4. The number of hydrogen-bond donors (Lipinski definition) is 0. The fraction of sp³-hybridized carbons (Fsp3) is 0.238. The first kappa shape index (κ1) is 17.9. The number of carbonyl (C=O) groups is 1. The molecular weight excluding hydrogens is 362 g/mol. The molecule has 1 aliphatic carbocycles. The third-order valence-electron chi connectivity index (χ3n) is 5.04. The number of para-hydroxylation sites is 1. The highest BCUT2D eigenvalue weighted by atomic mass is 16.6. The van der Waals surface area contributed by atoms with Gasteiger partial charge in [-0.25, -0.2) is 9.59 Å². The minimum atomic E-state index is -0.807. The van der Waals surface area contributed by atoms with Crippen LogP contribution in [0.1, 0.15) is 39.0 Å². The van der Waals surface area contributed by atoms with E-state index in [1.807, 2.05) is 12.1 Å². The number of carbonyl (C=O) groups excluding carboxylic acids is 1. The summed E-state index contributed by atoms with van der Waals surface area (Å²) >= 11 is 0. The van der Waals surface area contributed by atoms with Crippen molar-refractivity contribution >= 4 is 22.6 Å². The molecule has 1 aromatic heterocycles. The molecule has 1 aliphatic rings. The van der Waals surface area contributed by atoms with Gasteiger partial charge in [-0.3, -0.25) is 10.1 Å². The minimum Gasteiger partial charge on any atom is -0.457 e. The molecule has 0 unspecified atom stereocenters. The Morgan fingerprint density at radius 2 is 1.96 bits per heavy atom. The Balaban J connectivity index is 1.67. The van der Waals surface area contributed by atoms with Gasteiger partial charge in [0.25, 0.3) is 5.69 Å². The van der Waals surface area contributed by atoms with E-state index in [0.717, 1.165) is 19.3 Å². The van der Waals surface area contributed by atoms with Gasteiger partial charge in [0.05, 0.1) is 4.92 Å². The predicted octanol–water partition coefficient (Wildman–Crippen LogP) is 3.86. The molecule has 4 rings (SSSR count). The van der Waals surface area contributed by atoms with Crippen LogP contribution in [0.15, 0.2) is 45.6 Å². The summed E-state index contributed by atoms with van der Waals surface area (Å²) in [6.07, 6.45) is 2.96. The predicted molar refractivity (Wildman–Crippen MR) is 101 cm³/mol. The zero-order chi connectivity index (χ0) is 19.8. The summed E-state index contributed by atoms with van der Waals surface area (Å²) in [5, 5.41) is 12.0. The molecule has 7 nitrogen and oxygen atoms in total. The van der Waals surface area contributed by atoms with Gasteiger partial charge in [-0.15, -0.1) is 0 Å². The van der Waals surface area contributed by atoms with Crippen molar-refractivity contribution in [2.24, 2.45) is 0 Å². The second-order valence-electron chi connectivity index (χ2n) is 6.87. The van der Waals surface area contributed by atoms with Crippen LogP contribution >= 0.6 is 0 Å². The van der Waals surface area contributed by atoms with Crippen LogP contribution in [0, 0.1) is 17.0 Å². The van der Waals surface area contributed by atoms with Crippen LogP contribution in [0.5, 0.6) is 0 Å². The van der Waals surface area contributed by atoms with E-state index in [1.54, 1.807) is 19.1 Å². The van der Waals surface area contributed by atoms with E-state index in [-0.39, 0.29) is 17.9 Å². The number of ether oxygens (including phenoxy) is 1. The summed E-state index contributed by atoms with van der Waals surface area (Å²) in [4.78, 5) is 35.1. The number of benzene rings is 2. The Kier molecular flexibility index (Phi) is 4.43. The Labute approximate surface area is 159 Å². The SMILES string of the molecule is Cc1cccc(C(=O)OCc2cc(=O)oc3cc4c(cc23)CCC4)c1[N+](=O)[O-]. The van der Waals surface area contributed by atoms with Gasteiger partial charge in [-0.1, -0.05) is 12.1 Å². The number of aryl methyl sites for hydroxylation is 3. The molecule has 0 aliphatic heterocycles. The van der Waals surface area contributed by atoms with Crippen molar-refractivity contribution in [1.29, 1.82) is 0 Å². The van der Waals surface area contributed by atoms with Gasteiger partial charge in [0.15, 0.2) is 0 Å². The van der Waals surface area contributed by atoms with Crippen molar-refractivity contribution in [3.8, 4) is 0 Å². The summed E-state index contributed by atoms with van der Waals surface area (Å²) in [5.41, 5.74) is 2.80. The number of fused-ring (bicyclic) bond motifs is 2. The van der Waals surface area contributed by atoms with Crippen molar-refractivity contribution in [3.63, 3.8) is 0 Å². The number of esters is 1. The Hall–Kier alpha value is -3.48. The van der Waals surface area contributed by atoms with Crippen LogP contribution in [-0.4, -0.2) is 10.9 Å². The number of hydrogen-bond acceptors (Lipinski definition) is 6. The second-order valence-corrected chi connectivity index (χ2v) is 6.87. The molecule has 0 fully saturated rings. The van der Waals surface area contributed by atoms with Crippen LogP contribution in [0.4, 0.5) is 5.69 Å². The molecule has 0 saturated heterocycles. The summed E-state index contributed by atoms with van der Waals surface area (Å²) in [6, 6.07) is 9.62. The maximum atomic E-state index is 12.5. The van der Waals surface area contributed by atoms with E-state index >= 15 is 0 Å². The van der Waals surface area contributed by atoms with Gasteiger partial charge in [0.2, 0.25) is 0 Å². The largest absolute Gasteiger partial charge is 0.457 e. The Morgan fingerprint density at radius 3 is 2.71 bits per heavy atom. The molecule has 0 spiro atoms. The molecule has 0 N–H and O–H groups in total. The van der Waals surface area contributed by atoms with E-state index in [0.29, 0.717) is 22.1 Å². The lowest BCUT2D eigenvalue weighted by Crippen LogP contribution is -2.10. The molecule has 3 aromatic rings. The van der Waals surface area contributed by atoms with Crippen molar-refractivity contribution in [2.45, 2.75) is 32.8 Å². The van der Waals surface area contributed by atoms with Crippen LogP contribution in [0.25, 0.3) is 11.0 Å². The lowest BCUT2D eigenvalue weighted by molar-refractivity contribution is -0.385. The average Bonchev–Trinajstić information content (AvgIpc) is 3.10. The molecule has 28 heavy (non-hydrogen) atoms. The molecule has 0 atom stereocenters. The van der Waals surface area contributed by atoms with Gasteiger partial charge in [0.1, 0.15) is 17.8 Å². The number of nitro groups is 1. The van der Waals surface area contributed by atoms with Gasteiger partial charge in [-0.05, 0) is 55.5 Å². The van der Waals surface area contributed by atoms with Crippen LogP contribution in [-0.2, 0) is 24.2 Å². The number of nitro benzene ring substituents is 1. The highest BCUT2D eigenvalue weighted by molar-refractivity contribution is 5.94. The first-order chi connectivity index (χ1) is 13.4. The van der Waals surface area contributed by atoms with E-state index in [2.05, 4.69) is 0 Å². The van der Waals surface area contributed by atoms with Crippen molar-refractivity contribution < 1.29 is 18.9 Å². The highest BCUT2D eigenvalue weighted by Crippen LogP contribution is 2.29. The summed E-state index contributed by atoms with van der Waals surface area (Å²) in [6.45, 7) is 1.39. The second kappa shape index (κ2) is 6.92. The number of nitrogens with zero attached hydrogens (tertiary/aromatic N) is 1.